The molecular formula is C18H16FN5O3. The van der Waals surface area contributed by atoms with Crippen molar-refractivity contribution < 1.29 is 19.1 Å². The molecule has 0 aliphatic carbocycles. The van der Waals surface area contributed by atoms with E-state index in [9.17, 15) is 19.1 Å². The molecule has 27 heavy (non-hydrogen) atoms. The van der Waals surface area contributed by atoms with Crippen LogP contribution in [0.25, 0.3) is 5.69 Å². The Morgan fingerprint density at radius 3 is 2.56 bits per heavy atom. The summed E-state index contributed by atoms with van der Waals surface area (Å²) in [7, 11) is 0. The Morgan fingerprint density at radius 1 is 1.07 bits per heavy atom. The highest BCUT2D eigenvalue weighted by Crippen LogP contribution is 2.15. The lowest BCUT2D eigenvalue weighted by Crippen LogP contribution is -2.37. The first-order chi connectivity index (χ1) is 13.0. The van der Waals surface area contributed by atoms with Crippen molar-refractivity contribution in [1.29, 1.82) is 0 Å². The topological polar surface area (TPSA) is 109 Å². The van der Waals surface area contributed by atoms with Crippen LogP contribution in [0, 0.1) is 5.82 Å². The van der Waals surface area contributed by atoms with E-state index in [-0.39, 0.29) is 6.54 Å². The summed E-state index contributed by atoms with van der Waals surface area (Å²) in [5.41, 5.74) is 1.42. The number of anilines is 1. The number of benzene rings is 2. The minimum absolute atomic E-state index is 0.226. The van der Waals surface area contributed by atoms with Crippen molar-refractivity contribution in [2.75, 3.05) is 11.9 Å². The van der Waals surface area contributed by atoms with Gasteiger partial charge in [-0.05, 0) is 35.9 Å². The summed E-state index contributed by atoms with van der Waals surface area (Å²) in [5, 5.41) is 22.2. The highest BCUT2D eigenvalue weighted by atomic mass is 19.1. The first-order valence-electron chi connectivity index (χ1n) is 8.01. The molecule has 0 radical (unpaired) electrons. The number of carbonyl (C=O) groups is 2. The SMILES string of the molecule is O=C(NCC(O)c1cccc(F)c1)C(=O)Nc1cccc(-n2cnnc2)c1. The molecule has 0 aliphatic heterocycles. The Bertz CT molecular complexity index is 946. The standard InChI is InChI=1S/C18H16FN5O3/c19-13-4-1-3-12(7-13)16(25)9-20-17(26)18(27)23-14-5-2-6-15(8-14)24-10-21-22-11-24/h1-8,10-11,16,25H,9H2,(H,20,26)(H,23,27). The molecule has 1 unspecified atom stereocenters. The molecule has 8 nitrogen and oxygen atoms in total. The van der Waals surface area contributed by atoms with E-state index in [0.717, 1.165) is 6.07 Å². The number of aromatic nitrogens is 3. The summed E-state index contributed by atoms with van der Waals surface area (Å²) in [6.45, 7) is -0.226. The predicted octanol–water partition coefficient (Wildman–Crippen LogP) is 1.19. The molecule has 0 aliphatic rings. The Kier molecular flexibility index (Phi) is 5.53. The smallest absolute Gasteiger partial charge is 0.313 e. The number of nitrogens with one attached hydrogen (secondary N) is 2. The summed E-state index contributed by atoms with van der Waals surface area (Å²) in [5.74, 6) is -2.30. The van der Waals surface area contributed by atoms with Crippen molar-refractivity contribution in [2.24, 2.45) is 0 Å². The zero-order chi connectivity index (χ0) is 19.2. The second-order valence-corrected chi connectivity index (χ2v) is 5.65. The van der Waals surface area contributed by atoms with Gasteiger partial charge < -0.3 is 15.7 Å². The average molecular weight is 369 g/mol. The number of carbonyl (C=O) groups excluding carboxylic acids is 2. The fourth-order valence-corrected chi connectivity index (χ4v) is 2.37. The number of aliphatic hydroxyl groups excluding tert-OH is 1. The molecule has 1 aromatic heterocycles. The summed E-state index contributed by atoms with van der Waals surface area (Å²) in [4.78, 5) is 23.9. The average Bonchev–Trinajstić information content (AvgIpc) is 3.21. The number of hydrogen-bond acceptors (Lipinski definition) is 5. The van der Waals surface area contributed by atoms with Gasteiger partial charge in [-0.25, -0.2) is 4.39 Å². The molecule has 2 amide bonds. The first-order valence-corrected chi connectivity index (χ1v) is 8.01. The van der Waals surface area contributed by atoms with Crippen LogP contribution in [-0.2, 0) is 9.59 Å². The third kappa shape index (κ3) is 4.73. The second kappa shape index (κ2) is 8.19. The fourth-order valence-electron chi connectivity index (χ4n) is 2.37. The van der Waals surface area contributed by atoms with Crippen molar-refractivity contribution in [3.63, 3.8) is 0 Å². The van der Waals surface area contributed by atoms with Gasteiger partial charge in [-0.2, -0.15) is 0 Å². The van der Waals surface area contributed by atoms with Crippen LogP contribution in [0.3, 0.4) is 0 Å². The summed E-state index contributed by atoms with van der Waals surface area (Å²) >= 11 is 0. The van der Waals surface area contributed by atoms with Gasteiger partial charge in [0, 0.05) is 12.2 Å². The van der Waals surface area contributed by atoms with Crippen molar-refractivity contribution in [2.45, 2.75) is 6.10 Å². The monoisotopic (exact) mass is 369 g/mol. The molecule has 2 aromatic carbocycles. The molecule has 0 saturated carbocycles. The summed E-state index contributed by atoms with van der Waals surface area (Å²) < 4.78 is 14.8. The molecule has 3 rings (SSSR count). The van der Waals surface area contributed by atoms with Crippen molar-refractivity contribution in [3.05, 3.63) is 72.6 Å². The highest BCUT2D eigenvalue weighted by Gasteiger charge is 2.16. The van der Waals surface area contributed by atoms with Gasteiger partial charge in [-0.1, -0.05) is 18.2 Å². The Labute approximate surface area is 153 Å². The minimum Gasteiger partial charge on any atom is -0.387 e. The number of hydrogen-bond donors (Lipinski definition) is 3. The molecule has 0 fully saturated rings. The van der Waals surface area contributed by atoms with Gasteiger partial charge in [0.15, 0.2) is 0 Å². The quantitative estimate of drug-likeness (QED) is 0.586. The molecular weight excluding hydrogens is 353 g/mol. The molecule has 0 spiro atoms. The van der Waals surface area contributed by atoms with Gasteiger partial charge in [-0.3, -0.25) is 14.2 Å². The predicted molar refractivity (Wildman–Crippen MR) is 94.4 cm³/mol. The van der Waals surface area contributed by atoms with Crippen LogP contribution in [0.1, 0.15) is 11.7 Å². The van der Waals surface area contributed by atoms with Crippen LogP contribution in [0.4, 0.5) is 10.1 Å². The van der Waals surface area contributed by atoms with E-state index in [1.807, 2.05) is 0 Å². The van der Waals surface area contributed by atoms with E-state index in [1.54, 1.807) is 28.8 Å². The van der Waals surface area contributed by atoms with Crippen LogP contribution in [-0.4, -0.2) is 38.2 Å². The maximum Gasteiger partial charge on any atom is 0.313 e. The second-order valence-electron chi connectivity index (χ2n) is 5.65. The molecule has 3 N–H and O–H groups in total. The van der Waals surface area contributed by atoms with Crippen LogP contribution >= 0.6 is 0 Å². The van der Waals surface area contributed by atoms with Gasteiger partial charge in [-0.15, -0.1) is 10.2 Å². The number of rotatable bonds is 5. The van der Waals surface area contributed by atoms with Crippen LogP contribution < -0.4 is 10.6 Å². The molecule has 138 valence electrons. The molecule has 0 bridgehead atoms. The Morgan fingerprint density at radius 2 is 1.81 bits per heavy atom. The number of nitrogens with zero attached hydrogens (tertiary/aromatic N) is 3. The van der Waals surface area contributed by atoms with E-state index >= 15 is 0 Å². The maximum atomic E-state index is 13.2. The van der Waals surface area contributed by atoms with E-state index in [1.165, 1.54) is 30.9 Å². The van der Waals surface area contributed by atoms with E-state index in [0.29, 0.717) is 16.9 Å². The number of amides is 2. The van der Waals surface area contributed by atoms with Gasteiger partial charge in [0.25, 0.3) is 0 Å². The number of halogens is 1. The van der Waals surface area contributed by atoms with E-state index in [4.69, 9.17) is 0 Å². The summed E-state index contributed by atoms with van der Waals surface area (Å²) in [6, 6.07) is 12.1. The lowest BCUT2D eigenvalue weighted by molar-refractivity contribution is -0.136. The van der Waals surface area contributed by atoms with Crippen LogP contribution in [0.2, 0.25) is 0 Å². The fraction of sp³-hybridized carbons (Fsp3) is 0.111. The van der Waals surface area contributed by atoms with Gasteiger partial charge >= 0.3 is 11.8 Å². The third-order valence-corrected chi connectivity index (χ3v) is 3.72. The minimum atomic E-state index is -1.13. The van der Waals surface area contributed by atoms with Crippen LogP contribution in [0.15, 0.2) is 61.2 Å². The lowest BCUT2D eigenvalue weighted by atomic mass is 10.1. The molecule has 3 aromatic rings. The lowest BCUT2D eigenvalue weighted by Gasteiger charge is -2.12. The van der Waals surface area contributed by atoms with E-state index in [2.05, 4.69) is 20.8 Å². The first kappa shape index (κ1) is 18.2. The van der Waals surface area contributed by atoms with Gasteiger partial charge in [0.05, 0.1) is 11.8 Å². The zero-order valence-electron chi connectivity index (χ0n) is 14.0. The normalized spacial score (nSPS) is 11.6. The molecule has 9 heteroatoms. The van der Waals surface area contributed by atoms with Crippen LogP contribution in [0.5, 0.6) is 0 Å². The van der Waals surface area contributed by atoms with Gasteiger partial charge in [0.2, 0.25) is 0 Å². The van der Waals surface area contributed by atoms with Crippen molar-refractivity contribution >= 4 is 17.5 Å². The Balaban J connectivity index is 1.56. The highest BCUT2D eigenvalue weighted by molar-refractivity contribution is 6.39. The zero-order valence-corrected chi connectivity index (χ0v) is 14.0. The van der Waals surface area contributed by atoms with Crippen molar-refractivity contribution in [3.8, 4) is 5.69 Å². The van der Waals surface area contributed by atoms with Gasteiger partial charge in [0.1, 0.15) is 18.5 Å². The summed E-state index contributed by atoms with van der Waals surface area (Å²) in [6.07, 6.45) is 1.87. The molecule has 1 heterocycles. The third-order valence-electron chi connectivity index (χ3n) is 3.72. The largest absolute Gasteiger partial charge is 0.387 e. The molecule has 1 atom stereocenters. The molecule has 0 saturated heterocycles. The maximum absolute atomic E-state index is 13.2. The Hall–Kier alpha value is -3.59. The number of aliphatic hydroxyl groups is 1. The van der Waals surface area contributed by atoms with Crippen molar-refractivity contribution in [1.82, 2.24) is 20.1 Å². The van der Waals surface area contributed by atoms with E-state index < -0.39 is 23.7 Å².